The van der Waals surface area contributed by atoms with Crippen LogP contribution in [-0.4, -0.2) is 17.5 Å². The minimum Gasteiger partial charge on any atom is -0.388 e. The number of rotatable bonds is 12. The summed E-state index contributed by atoms with van der Waals surface area (Å²) in [5.74, 6) is -0.624. The summed E-state index contributed by atoms with van der Waals surface area (Å²) in [6, 6.07) is 7.96. The van der Waals surface area contributed by atoms with Crippen molar-refractivity contribution in [1.29, 1.82) is 5.41 Å². The zero-order chi connectivity index (χ0) is 18.8. The highest BCUT2D eigenvalue weighted by Crippen LogP contribution is 2.21. The number of hydrogen-bond acceptors (Lipinski definition) is 3. The van der Waals surface area contributed by atoms with Crippen LogP contribution in [0, 0.1) is 24.2 Å². The third-order valence-electron chi connectivity index (χ3n) is 4.65. The van der Waals surface area contributed by atoms with Crippen molar-refractivity contribution < 1.29 is 9.59 Å². The Morgan fingerprint density at radius 2 is 1.72 bits per heavy atom. The second-order valence-electron chi connectivity index (χ2n) is 6.84. The summed E-state index contributed by atoms with van der Waals surface area (Å²) < 4.78 is 0. The van der Waals surface area contributed by atoms with Gasteiger partial charge in [0.05, 0.1) is 5.84 Å². The number of carbonyl (C=O) groups is 2. The second kappa shape index (κ2) is 10.6. The normalized spacial score (nSPS) is 13.2. The van der Waals surface area contributed by atoms with Crippen molar-refractivity contribution in [3.8, 4) is 0 Å². The number of primary amides is 1. The fourth-order valence-corrected chi connectivity index (χ4v) is 2.99. The van der Waals surface area contributed by atoms with E-state index in [-0.39, 0.29) is 24.0 Å². The van der Waals surface area contributed by atoms with Crippen molar-refractivity contribution in [1.82, 2.24) is 0 Å². The highest BCUT2D eigenvalue weighted by Gasteiger charge is 2.24. The molecule has 138 valence electrons. The molecule has 0 saturated heterocycles. The largest absolute Gasteiger partial charge is 0.388 e. The third-order valence-corrected chi connectivity index (χ3v) is 4.65. The van der Waals surface area contributed by atoms with E-state index in [1.54, 1.807) is 0 Å². The zero-order valence-corrected chi connectivity index (χ0v) is 15.4. The van der Waals surface area contributed by atoms with Crippen LogP contribution < -0.4 is 11.5 Å². The van der Waals surface area contributed by atoms with Crippen molar-refractivity contribution in [2.45, 2.75) is 58.8 Å². The topological polar surface area (TPSA) is 110 Å². The number of Topliss-reactive ketones (excluding diaryl/α,β-unsaturated/α-hetero) is 1. The predicted octanol–water partition coefficient (Wildman–Crippen LogP) is 3.12. The second-order valence-corrected chi connectivity index (χ2v) is 6.84. The Morgan fingerprint density at radius 3 is 2.24 bits per heavy atom. The van der Waals surface area contributed by atoms with E-state index in [0.29, 0.717) is 12.8 Å². The number of unbranched alkanes of at least 4 members (excludes halogenated alkanes) is 1. The average Bonchev–Trinajstić information content (AvgIpc) is 2.55. The monoisotopic (exact) mass is 345 g/mol. The molecule has 0 bridgehead atoms. The quantitative estimate of drug-likeness (QED) is 0.307. The first-order chi connectivity index (χ1) is 11.8. The van der Waals surface area contributed by atoms with E-state index >= 15 is 0 Å². The zero-order valence-electron chi connectivity index (χ0n) is 15.4. The molecule has 0 aliphatic carbocycles. The maximum Gasteiger partial charge on any atom is 0.221 e. The number of amides is 1. The molecule has 0 saturated carbocycles. The molecular formula is C20H31N3O2. The molecule has 0 unspecified atom stereocenters. The maximum absolute atomic E-state index is 12.6. The SMILES string of the molecule is CC[C@@H](CCCCC(=N)N)C(=O)C[C@@H](Cc1ccc(C)cc1)C(N)=O. The highest BCUT2D eigenvalue weighted by molar-refractivity contribution is 5.87. The van der Waals surface area contributed by atoms with Crippen molar-refractivity contribution in [3.63, 3.8) is 0 Å². The number of hydrogen-bond donors (Lipinski definition) is 3. The van der Waals surface area contributed by atoms with E-state index in [1.807, 2.05) is 38.1 Å². The molecule has 0 radical (unpaired) electrons. The lowest BCUT2D eigenvalue weighted by Gasteiger charge is -2.18. The Morgan fingerprint density at radius 1 is 1.08 bits per heavy atom. The Hall–Kier alpha value is -2.17. The van der Waals surface area contributed by atoms with Crippen LogP contribution in [-0.2, 0) is 16.0 Å². The number of nitrogens with one attached hydrogen (secondary N) is 1. The lowest BCUT2D eigenvalue weighted by molar-refractivity contribution is -0.129. The van der Waals surface area contributed by atoms with Crippen molar-refractivity contribution in [3.05, 3.63) is 35.4 Å². The van der Waals surface area contributed by atoms with E-state index in [1.165, 1.54) is 0 Å². The van der Waals surface area contributed by atoms with Gasteiger partial charge >= 0.3 is 0 Å². The van der Waals surface area contributed by atoms with Gasteiger partial charge in [0.1, 0.15) is 5.78 Å². The number of benzene rings is 1. The summed E-state index contributed by atoms with van der Waals surface area (Å²) in [6.07, 6.45) is 4.50. The molecule has 0 heterocycles. The lowest BCUT2D eigenvalue weighted by Crippen LogP contribution is -2.29. The van der Waals surface area contributed by atoms with Gasteiger partial charge in [-0.1, -0.05) is 43.2 Å². The molecule has 25 heavy (non-hydrogen) atoms. The molecule has 1 aromatic carbocycles. The fourth-order valence-electron chi connectivity index (χ4n) is 2.99. The molecular weight excluding hydrogens is 314 g/mol. The number of aryl methyl sites for hydroxylation is 1. The van der Waals surface area contributed by atoms with Crippen LogP contribution in [0.25, 0.3) is 0 Å². The first kappa shape index (κ1) is 20.9. The fraction of sp³-hybridized carbons (Fsp3) is 0.550. The van der Waals surface area contributed by atoms with E-state index < -0.39 is 11.8 Å². The molecule has 1 aromatic rings. The summed E-state index contributed by atoms with van der Waals surface area (Å²) in [5, 5.41) is 7.23. The van der Waals surface area contributed by atoms with Crippen LogP contribution in [0.5, 0.6) is 0 Å². The summed E-state index contributed by atoms with van der Waals surface area (Å²) in [7, 11) is 0. The van der Waals surface area contributed by atoms with E-state index in [4.69, 9.17) is 16.9 Å². The van der Waals surface area contributed by atoms with Gasteiger partial charge in [0.2, 0.25) is 5.91 Å². The lowest BCUT2D eigenvalue weighted by atomic mass is 9.86. The van der Waals surface area contributed by atoms with Crippen molar-refractivity contribution in [2.24, 2.45) is 23.3 Å². The van der Waals surface area contributed by atoms with Gasteiger partial charge in [-0.3, -0.25) is 15.0 Å². The van der Waals surface area contributed by atoms with Crippen LogP contribution in [0.1, 0.15) is 56.6 Å². The molecule has 0 fully saturated rings. The Labute approximate surface area is 150 Å². The van der Waals surface area contributed by atoms with Gasteiger partial charge in [0.25, 0.3) is 0 Å². The average molecular weight is 345 g/mol. The smallest absolute Gasteiger partial charge is 0.221 e. The molecule has 5 N–H and O–H groups in total. The van der Waals surface area contributed by atoms with E-state index in [0.717, 1.165) is 36.8 Å². The first-order valence-corrected chi connectivity index (χ1v) is 9.04. The van der Waals surface area contributed by atoms with Gasteiger partial charge in [0.15, 0.2) is 0 Å². The molecule has 0 aromatic heterocycles. The minimum absolute atomic E-state index is 0.0492. The molecule has 2 atom stereocenters. The molecule has 5 heteroatoms. The first-order valence-electron chi connectivity index (χ1n) is 9.04. The molecule has 0 aliphatic heterocycles. The van der Waals surface area contributed by atoms with Crippen LogP contribution in [0.4, 0.5) is 0 Å². The van der Waals surface area contributed by atoms with E-state index in [9.17, 15) is 9.59 Å². The summed E-state index contributed by atoms with van der Waals surface area (Å²) in [5.41, 5.74) is 13.1. The van der Waals surface area contributed by atoms with Gasteiger partial charge in [-0.25, -0.2) is 0 Å². The predicted molar refractivity (Wildman–Crippen MR) is 101 cm³/mol. The summed E-state index contributed by atoms with van der Waals surface area (Å²) in [4.78, 5) is 24.4. The Bertz CT molecular complexity index is 581. The van der Waals surface area contributed by atoms with Crippen LogP contribution in [0.3, 0.4) is 0 Å². The molecule has 1 amide bonds. The standard InChI is InChI=1S/C20H31N3O2/c1-3-16(6-4-5-7-19(21)22)18(24)13-17(20(23)25)12-15-10-8-14(2)9-11-15/h8-11,16-17H,3-7,12-13H2,1-2H3,(H3,21,22)(H2,23,25)/t16-,17+/m0/s1. The number of nitrogens with two attached hydrogens (primary N) is 2. The molecule has 0 spiro atoms. The van der Waals surface area contributed by atoms with Gasteiger partial charge < -0.3 is 11.5 Å². The van der Waals surface area contributed by atoms with Gasteiger partial charge in [0, 0.05) is 24.7 Å². The maximum atomic E-state index is 12.6. The molecule has 1 rings (SSSR count). The minimum atomic E-state index is -0.457. The third kappa shape index (κ3) is 7.96. The van der Waals surface area contributed by atoms with Crippen LogP contribution in [0.15, 0.2) is 24.3 Å². The van der Waals surface area contributed by atoms with E-state index in [2.05, 4.69) is 0 Å². The van der Waals surface area contributed by atoms with Crippen LogP contribution in [0.2, 0.25) is 0 Å². The Balaban J connectivity index is 2.59. The van der Waals surface area contributed by atoms with Gasteiger partial charge in [-0.05, 0) is 38.2 Å². The molecule has 5 nitrogen and oxygen atoms in total. The van der Waals surface area contributed by atoms with Gasteiger partial charge in [-0.15, -0.1) is 0 Å². The number of ketones is 1. The summed E-state index contributed by atoms with van der Waals surface area (Å²) >= 11 is 0. The number of amidine groups is 1. The number of carbonyl (C=O) groups excluding carboxylic acids is 2. The van der Waals surface area contributed by atoms with Crippen molar-refractivity contribution >= 4 is 17.5 Å². The van der Waals surface area contributed by atoms with Gasteiger partial charge in [-0.2, -0.15) is 0 Å². The molecule has 0 aliphatic rings. The van der Waals surface area contributed by atoms with Crippen molar-refractivity contribution in [2.75, 3.05) is 0 Å². The highest BCUT2D eigenvalue weighted by atomic mass is 16.1. The van der Waals surface area contributed by atoms with Crippen LogP contribution >= 0.6 is 0 Å². The summed E-state index contributed by atoms with van der Waals surface area (Å²) in [6.45, 7) is 4.00. The Kier molecular flexibility index (Phi) is 8.89.